The second kappa shape index (κ2) is 3.89. The Hall–Kier alpha value is -0.870. The predicted octanol–water partition coefficient (Wildman–Crippen LogP) is 0.419. The third-order valence-corrected chi connectivity index (χ3v) is 2.38. The van der Waals surface area contributed by atoms with Crippen molar-refractivity contribution in [3.63, 3.8) is 0 Å². The van der Waals surface area contributed by atoms with Crippen LogP contribution in [-0.2, 0) is 7.05 Å². The predicted molar refractivity (Wildman–Crippen MR) is 51.3 cm³/mol. The van der Waals surface area contributed by atoms with Gasteiger partial charge in [0.15, 0.2) is 0 Å². The minimum absolute atomic E-state index is 0.0984. The summed E-state index contributed by atoms with van der Waals surface area (Å²) in [6.45, 7) is 4.06. The summed E-state index contributed by atoms with van der Waals surface area (Å²) in [5, 5.41) is 13.0. The third kappa shape index (κ3) is 1.89. The molecule has 0 radical (unpaired) electrons. The maximum Gasteiger partial charge on any atom is 0.0644 e. The van der Waals surface area contributed by atoms with E-state index >= 15 is 0 Å². The van der Waals surface area contributed by atoms with E-state index in [0.717, 1.165) is 17.0 Å². The van der Waals surface area contributed by atoms with E-state index < -0.39 is 0 Å². The number of aliphatic hydroxyl groups excluding tert-OH is 1. The first-order chi connectivity index (χ1) is 6.07. The monoisotopic (exact) mass is 183 g/mol. The van der Waals surface area contributed by atoms with E-state index in [1.54, 1.807) is 0 Å². The van der Waals surface area contributed by atoms with Crippen molar-refractivity contribution in [2.75, 3.05) is 6.61 Å². The van der Waals surface area contributed by atoms with Gasteiger partial charge in [-0.3, -0.25) is 4.68 Å². The highest BCUT2D eigenvalue weighted by Gasteiger charge is 2.15. The molecule has 1 rings (SSSR count). The van der Waals surface area contributed by atoms with Crippen molar-refractivity contribution >= 4 is 0 Å². The van der Waals surface area contributed by atoms with Gasteiger partial charge in [-0.05, 0) is 20.3 Å². The van der Waals surface area contributed by atoms with Crippen LogP contribution in [0.2, 0.25) is 0 Å². The zero-order valence-electron chi connectivity index (χ0n) is 8.41. The van der Waals surface area contributed by atoms with Gasteiger partial charge in [0.1, 0.15) is 0 Å². The van der Waals surface area contributed by atoms with E-state index in [2.05, 4.69) is 5.10 Å². The van der Waals surface area contributed by atoms with Crippen LogP contribution in [0.15, 0.2) is 0 Å². The van der Waals surface area contributed by atoms with Crippen molar-refractivity contribution in [2.24, 2.45) is 12.8 Å². The van der Waals surface area contributed by atoms with Gasteiger partial charge in [0.25, 0.3) is 0 Å². The number of aromatic nitrogens is 2. The Balaban J connectivity index is 2.98. The minimum atomic E-state index is -0.0984. The number of rotatable bonds is 3. The molecule has 0 fully saturated rings. The van der Waals surface area contributed by atoms with Crippen LogP contribution in [0.4, 0.5) is 0 Å². The zero-order valence-corrected chi connectivity index (χ0v) is 8.41. The molecule has 0 amide bonds. The van der Waals surface area contributed by atoms with Crippen LogP contribution >= 0.6 is 0 Å². The molecule has 1 heterocycles. The second-order valence-electron chi connectivity index (χ2n) is 3.33. The molecule has 3 N–H and O–H groups in total. The topological polar surface area (TPSA) is 64.1 Å². The third-order valence-electron chi connectivity index (χ3n) is 2.38. The Morgan fingerprint density at radius 3 is 2.54 bits per heavy atom. The number of aliphatic hydroxyl groups is 1. The molecule has 0 saturated heterocycles. The summed E-state index contributed by atoms with van der Waals surface area (Å²) in [7, 11) is 1.90. The van der Waals surface area contributed by atoms with Crippen molar-refractivity contribution in [1.82, 2.24) is 9.78 Å². The lowest BCUT2D eigenvalue weighted by Crippen LogP contribution is -2.13. The first-order valence-electron chi connectivity index (χ1n) is 4.44. The zero-order chi connectivity index (χ0) is 10.0. The van der Waals surface area contributed by atoms with E-state index in [-0.39, 0.29) is 12.6 Å². The van der Waals surface area contributed by atoms with Crippen molar-refractivity contribution in [1.29, 1.82) is 0 Å². The highest BCUT2D eigenvalue weighted by Crippen LogP contribution is 2.20. The Morgan fingerprint density at radius 2 is 2.15 bits per heavy atom. The molecule has 0 saturated carbocycles. The summed E-state index contributed by atoms with van der Waals surface area (Å²) < 4.78 is 1.82. The van der Waals surface area contributed by atoms with Crippen molar-refractivity contribution in [2.45, 2.75) is 26.3 Å². The van der Waals surface area contributed by atoms with Gasteiger partial charge in [-0.25, -0.2) is 0 Å². The number of hydrogen-bond acceptors (Lipinski definition) is 3. The average molecular weight is 183 g/mol. The molecule has 13 heavy (non-hydrogen) atoms. The van der Waals surface area contributed by atoms with Crippen molar-refractivity contribution in [3.05, 3.63) is 17.0 Å². The Kier molecular flexibility index (Phi) is 3.06. The lowest BCUT2D eigenvalue weighted by atomic mass is 10.0. The van der Waals surface area contributed by atoms with E-state index in [9.17, 15) is 0 Å². The van der Waals surface area contributed by atoms with Crippen LogP contribution in [0.25, 0.3) is 0 Å². The fourth-order valence-corrected chi connectivity index (χ4v) is 1.61. The van der Waals surface area contributed by atoms with Gasteiger partial charge in [0.05, 0.1) is 5.69 Å². The molecule has 1 aromatic rings. The summed E-state index contributed by atoms with van der Waals surface area (Å²) in [4.78, 5) is 0. The van der Waals surface area contributed by atoms with Gasteiger partial charge in [0, 0.05) is 31.0 Å². The normalized spacial score (nSPS) is 13.3. The Labute approximate surface area is 78.4 Å². The minimum Gasteiger partial charge on any atom is -0.396 e. The molecule has 0 bridgehead atoms. The summed E-state index contributed by atoms with van der Waals surface area (Å²) >= 11 is 0. The molecular formula is C9H17N3O. The first kappa shape index (κ1) is 10.2. The van der Waals surface area contributed by atoms with Gasteiger partial charge < -0.3 is 10.8 Å². The van der Waals surface area contributed by atoms with E-state index in [1.165, 1.54) is 0 Å². The standard InChI is InChI=1S/C9H17N3O/c1-6-9(8(10)4-5-13)7(2)12(3)11-6/h8,13H,4-5,10H2,1-3H3/t8-/m1/s1. The molecule has 0 aliphatic rings. The van der Waals surface area contributed by atoms with E-state index in [1.807, 2.05) is 25.6 Å². The van der Waals surface area contributed by atoms with Crippen LogP contribution in [-0.4, -0.2) is 21.5 Å². The molecule has 0 spiro atoms. The maximum atomic E-state index is 8.78. The number of hydrogen-bond donors (Lipinski definition) is 2. The lowest BCUT2D eigenvalue weighted by Gasteiger charge is -2.10. The van der Waals surface area contributed by atoms with Gasteiger partial charge in [0.2, 0.25) is 0 Å². The van der Waals surface area contributed by atoms with Crippen LogP contribution in [0.3, 0.4) is 0 Å². The second-order valence-corrected chi connectivity index (χ2v) is 3.33. The highest BCUT2D eigenvalue weighted by molar-refractivity contribution is 5.27. The van der Waals surface area contributed by atoms with Crippen LogP contribution in [0.1, 0.15) is 29.4 Å². The number of nitrogens with two attached hydrogens (primary N) is 1. The van der Waals surface area contributed by atoms with Crippen molar-refractivity contribution < 1.29 is 5.11 Å². The largest absolute Gasteiger partial charge is 0.396 e. The molecule has 0 aromatic carbocycles. The molecule has 4 nitrogen and oxygen atoms in total. The molecule has 4 heteroatoms. The Morgan fingerprint density at radius 1 is 1.54 bits per heavy atom. The molecule has 1 atom stereocenters. The summed E-state index contributed by atoms with van der Waals surface area (Å²) in [6, 6.07) is -0.0984. The fraction of sp³-hybridized carbons (Fsp3) is 0.667. The highest BCUT2D eigenvalue weighted by atomic mass is 16.3. The number of aryl methyl sites for hydroxylation is 2. The summed E-state index contributed by atoms with van der Waals surface area (Å²) in [5.41, 5.74) is 9.01. The van der Waals surface area contributed by atoms with E-state index in [0.29, 0.717) is 6.42 Å². The molecule has 0 aliphatic carbocycles. The van der Waals surface area contributed by atoms with Gasteiger partial charge >= 0.3 is 0 Å². The molecular weight excluding hydrogens is 166 g/mol. The van der Waals surface area contributed by atoms with Crippen LogP contribution in [0, 0.1) is 13.8 Å². The SMILES string of the molecule is Cc1nn(C)c(C)c1[C@H](N)CCO. The maximum absolute atomic E-state index is 8.78. The van der Waals surface area contributed by atoms with Gasteiger partial charge in [-0.2, -0.15) is 5.10 Å². The molecule has 1 aromatic heterocycles. The van der Waals surface area contributed by atoms with Gasteiger partial charge in [-0.1, -0.05) is 0 Å². The fourth-order valence-electron chi connectivity index (χ4n) is 1.61. The summed E-state index contributed by atoms with van der Waals surface area (Å²) in [6.07, 6.45) is 0.591. The Bertz CT molecular complexity index is 293. The lowest BCUT2D eigenvalue weighted by molar-refractivity contribution is 0.276. The van der Waals surface area contributed by atoms with Crippen molar-refractivity contribution in [3.8, 4) is 0 Å². The van der Waals surface area contributed by atoms with Crippen LogP contribution < -0.4 is 5.73 Å². The average Bonchev–Trinajstić information content (AvgIpc) is 2.27. The smallest absolute Gasteiger partial charge is 0.0644 e. The molecule has 74 valence electrons. The number of nitrogens with zero attached hydrogens (tertiary/aromatic N) is 2. The quantitative estimate of drug-likeness (QED) is 0.713. The van der Waals surface area contributed by atoms with Crippen LogP contribution in [0.5, 0.6) is 0 Å². The molecule has 0 unspecified atom stereocenters. The summed E-state index contributed by atoms with van der Waals surface area (Å²) in [5.74, 6) is 0. The van der Waals surface area contributed by atoms with E-state index in [4.69, 9.17) is 10.8 Å². The molecule has 0 aliphatic heterocycles. The first-order valence-corrected chi connectivity index (χ1v) is 4.44. The van der Waals surface area contributed by atoms with Gasteiger partial charge in [-0.15, -0.1) is 0 Å².